The molecule has 9 heteroatoms. The number of benzene rings is 1. The predicted molar refractivity (Wildman–Crippen MR) is 122 cm³/mol. The second-order valence-corrected chi connectivity index (χ2v) is 9.83. The average molecular weight is 436 g/mol. The molecule has 4 heterocycles. The summed E-state index contributed by atoms with van der Waals surface area (Å²) >= 11 is 0. The molecule has 0 saturated carbocycles. The van der Waals surface area contributed by atoms with E-state index in [4.69, 9.17) is 4.11 Å². The summed E-state index contributed by atoms with van der Waals surface area (Å²) in [7, 11) is 0. The number of phenols is 1. The zero-order valence-electron chi connectivity index (χ0n) is 21.5. The lowest BCUT2D eigenvalue weighted by Crippen LogP contribution is -2.58. The molecule has 1 aromatic carbocycles. The van der Waals surface area contributed by atoms with Crippen molar-refractivity contribution >= 4 is 11.2 Å². The number of aryl methyl sites for hydroxylation is 1. The number of nitrogens with one attached hydrogen (secondary N) is 1. The summed E-state index contributed by atoms with van der Waals surface area (Å²) < 4.78 is 25.2. The zero-order valence-corrected chi connectivity index (χ0v) is 18.5. The Balaban J connectivity index is 1.45. The smallest absolute Gasteiger partial charge is 0.201 e. The van der Waals surface area contributed by atoms with Crippen molar-refractivity contribution in [3.63, 3.8) is 0 Å². The van der Waals surface area contributed by atoms with Crippen molar-refractivity contribution < 1.29 is 9.22 Å². The fourth-order valence-electron chi connectivity index (χ4n) is 4.97. The molecule has 0 amide bonds. The van der Waals surface area contributed by atoms with Gasteiger partial charge in [-0.3, -0.25) is 4.68 Å². The fraction of sp³-hybridized carbons (Fsp3) is 0.435. The topological polar surface area (TPSA) is 107 Å². The van der Waals surface area contributed by atoms with Gasteiger partial charge in [0.25, 0.3) is 0 Å². The lowest BCUT2D eigenvalue weighted by Gasteiger charge is -2.46. The van der Waals surface area contributed by atoms with Crippen LogP contribution in [0.2, 0.25) is 0 Å². The van der Waals surface area contributed by atoms with Gasteiger partial charge in [-0.15, -0.1) is 15.3 Å². The Morgan fingerprint density at radius 2 is 1.84 bits per heavy atom. The Bertz CT molecular complexity index is 1390. The summed E-state index contributed by atoms with van der Waals surface area (Å²) in [4.78, 5) is 0. The summed E-state index contributed by atoms with van der Waals surface area (Å²) in [5.41, 5.74) is 3.30. The van der Waals surface area contributed by atoms with Crippen LogP contribution in [-0.2, 0) is 6.98 Å². The van der Waals surface area contributed by atoms with E-state index in [0.29, 0.717) is 33.5 Å². The maximum atomic E-state index is 10.7. The highest BCUT2D eigenvalue weighted by Crippen LogP contribution is 2.37. The molecule has 32 heavy (non-hydrogen) atoms. The molecule has 0 spiro atoms. The van der Waals surface area contributed by atoms with Crippen molar-refractivity contribution in [2.24, 2.45) is 6.98 Å². The number of aromatic nitrogens is 7. The molecular weight excluding hydrogens is 404 g/mol. The zero-order chi connectivity index (χ0) is 25.2. The van der Waals surface area contributed by atoms with Crippen molar-refractivity contribution in [1.29, 1.82) is 0 Å². The number of hydrogen-bond acceptors (Lipinski definition) is 7. The minimum absolute atomic E-state index is 0.00738. The number of nitrogens with zero attached hydrogens (tertiary/aromatic N) is 7. The van der Waals surface area contributed by atoms with Crippen LogP contribution in [0.4, 0.5) is 0 Å². The molecule has 166 valence electrons. The van der Waals surface area contributed by atoms with Crippen LogP contribution in [0.25, 0.3) is 33.5 Å². The molecule has 1 aliphatic rings. The number of rotatable bonds is 3. The van der Waals surface area contributed by atoms with Gasteiger partial charge >= 0.3 is 0 Å². The molecule has 9 nitrogen and oxygen atoms in total. The normalized spacial score (nSPS) is 20.1. The monoisotopic (exact) mass is 435 g/mol. The first-order valence-electron chi connectivity index (χ1n) is 12.1. The van der Waals surface area contributed by atoms with Crippen molar-refractivity contribution in [1.82, 2.24) is 40.3 Å². The van der Waals surface area contributed by atoms with Gasteiger partial charge in [-0.2, -0.15) is 5.10 Å². The second kappa shape index (κ2) is 7.09. The first-order chi connectivity index (χ1) is 16.3. The van der Waals surface area contributed by atoms with Crippen LogP contribution >= 0.6 is 0 Å². The van der Waals surface area contributed by atoms with Crippen LogP contribution in [0.15, 0.2) is 36.7 Å². The van der Waals surface area contributed by atoms with Gasteiger partial charge in [0, 0.05) is 39.5 Å². The highest BCUT2D eigenvalue weighted by molar-refractivity contribution is 5.79. The molecule has 1 fully saturated rings. The average Bonchev–Trinajstić information content (AvgIpc) is 3.38. The maximum Gasteiger partial charge on any atom is 0.201 e. The van der Waals surface area contributed by atoms with Gasteiger partial charge in [0.1, 0.15) is 11.3 Å². The minimum atomic E-state index is -2.36. The van der Waals surface area contributed by atoms with E-state index in [1.165, 1.54) is 12.4 Å². The summed E-state index contributed by atoms with van der Waals surface area (Å²) in [6.07, 6.45) is 4.65. The number of fused-ring (bicyclic) bond motifs is 1. The van der Waals surface area contributed by atoms with Crippen molar-refractivity contribution in [3.8, 4) is 28.1 Å². The molecular formula is C23H28N8O. The van der Waals surface area contributed by atoms with Gasteiger partial charge in [0.15, 0.2) is 0 Å². The molecule has 3 aromatic heterocycles. The fourth-order valence-corrected chi connectivity index (χ4v) is 4.97. The molecule has 1 aliphatic heterocycles. The van der Waals surface area contributed by atoms with Crippen LogP contribution in [0, 0.1) is 0 Å². The Labute approximate surface area is 190 Å². The standard InChI is InChI=1S/C23H28N8O/c1-22(2)10-16(11-23(3,4)28-22)31-21-19(26-29-31)9-18(25-27-21)17-7-6-14(8-20(17)32)15-12-24-30(5)13-15/h6-9,12-13,16,28,32H,10-11H2,1-5H3/i5D3. The Morgan fingerprint density at radius 3 is 2.53 bits per heavy atom. The van der Waals surface area contributed by atoms with E-state index >= 15 is 0 Å². The summed E-state index contributed by atoms with van der Waals surface area (Å²) in [5, 5.41) is 35.8. The third kappa shape index (κ3) is 3.73. The van der Waals surface area contributed by atoms with E-state index < -0.39 is 6.98 Å². The number of hydrogen-bond donors (Lipinski definition) is 2. The third-order valence-electron chi connectivity index (χ3n) is 5.92. The number of phenolic OH excluding ortho intramolecular Hbond substituents is 1. The first kappa shape index (κ1) is 17.3. The van der Waals surface area contributed by atoms with Crippen LogP contribution in [-0.4, -0.2) is 51.2 Å². The van der Waals surface area contributed by atoms with Crippen LogP contribution in [0.1, 0.15) is 50.7 Å². The van der Waals surface area contributed by atoms with Crippen LogP contribution < -0.4 is 5.32 Å². The van der Waals surface area contributed by atoms with E-state index in [-0.39, 0.29) is 22.9 Å². The molecule has 4 aromatic rings. The second-order valence-electron chi connectivity index (χ2n) is 9.83. The van der Waals surface area contributed by atoms with Gasteiger partial charge in [0.2, 0.25) is 5.65 Å². The summed E-state index contributed by atoms with van der Waals surface area (Å²) in [5.74, 6) is -0.00738. The minimum Gasteiger partial charge on any atom is -0.507 e. The SMILES string of the molecule is [2H]C([2H])([2H])n1cc(-c2ccc(-c3cc4nnn(C5CC(C)(C)NC(C)(C)C5)c4nn3)c(O)c2)cn1. The van der Waals surface area contributed by atoms with Gasteiger partial charge in [0.05, 0.1) is 17.9 Å². The summed E-state index contributed by atoms with van der Waals surface area (Å²) in [6.45, 7) is 6.38. The Hall–Kier alpha value is -3.33. The third-order valence-corrected chi connectivity index (χ3v) is 5.92. The maximum absolute atomic E-state index is 10.7. The van der Waals surface area contributed by atoms with E-state index in [2.05, 4.69) is 58.6 Å². The quantitative estimate of drug-likeness (QED) is 0.507. The van der Waals surface area contributed by atoms with E-state index in [9.17, 15) is 5.11 Å². The van der Waals surface area contributed by atoms with Crippen molar-refractivity contribution in [2.75, 3.05) is 0 Å². The van der Waals surface area contributed by atoms with Gasteiger partial charge in [-0.25, -0.2) is 4.68 Å². The molecule has 0 atom stereocenters. The highest BCUT2D eigenvalue weighted by Gasteiger charge is 2.39. The van der Waals surface area contributed by atoms with E-state index in [0.717, 1.165) is 17.5 Å². The molecule has 0 bridgehead atoms. The van der Waals surface area contributed by atoms with E-state index in [1.807, 2.05) is 4.68 Å². The molecule has 0 radical (unpaired) electrons. The van der Waals surface area contributed by atoms with E-state index in [1.54, 1.807) is 24.3 Å². The Morgan fingerprint density at radius 1 is 1.06 bits per heavy atom. The van der Waals surface area contributed by atoms with Crippen molar-refractivity contribution in [2.45, 2.75) is 57.7 Å². The van der Waals surface area contributed by atoms with Crippen molar-refractivity contribution in [3.05, 3.63) is 36.7 Å². The lowest BCUT2D eigenvalue weighted by atomic mass is 9.80. The highest BCUT2D eigenvalue weighted by atomic mass is 16.3. The molecule has 2 N–H and O–H groups in total. The van der Waals surface area contributed by atoms with Gasteiger partial charge in [-0.1, -0.05) is 11.3 Å². The Kier molecular flexibility index (Phi) is 3.82. The number of aromatic hydroxyl groups is 1. The predicted octanol–water partition coefficient (Wildman–Crippen LogP) is 3.48. The molecule has 0 aliphatic carbocycles. The van der Waals surface area contributed by atoms with Crippen LogP contribution in [0.5, 0.6) is 5.75 Å². The molecule has 1 saturated heterocycles. The molecule has 5 rings (SSSR count). The largest absolute Gasteiger partial charge is 0.507 e. The number of piperidine rings is 1. The summed E-state index contributed by atoms with van der Waals surface area (Å²) in [6, 6.07) is 6.95. The van der Waals surface area contributed by atoms with Crippen LogP contribution in [0.3, 0.4) is 0 Å². The lowest BCUT2D eigenvalue weighted by molar-refractivity contribution is 0.127. The molecule has 0 unspecified atom stereocenters. The first-order valence-corrected chi connectivity index (χ1v) is 10.6. The van der Waals surface area contributed by atoms with Gasteiger partial charge < -0.3 is 10.4 Å². The van der Waals surface area contributed by atoms with Gasteiger partial charge in [-0.05, 0) is 64.3 Å².